The molecular formula is C26H23NO5. The summed E-state index contributed by atoms with van der Waals surface area (Å²) in [7, 11) is 1.55. The SMILES string of the molecule is CCOc1cccc(N2C(=O)C(=O)/C(=C(/O)c3ccc(OC)cc3)C2c2ccccc2)c1. The monoisotopic (exact) mass is 429 g/mol. The molecule has 1 N–H and O–H groups in total. The molecule has 3 aromatic rings. The van der Waals surface area contributed by atoms with Gasteiger partial charge in [0.05, 0.1) is 25.3 Å². The maximum atomic E-state index is 13.2. The van der Waals surface area contributed by atoms with Crippen LogP contribution >= 0.6 is 0 Å². The first-order chi connectivity index (χ1) is 15.5. The van der Waals surface area contributed by atoms with Gasteiger partial charge >= 0.3 is 0 Å². The second-order valence-corrected chi connectivity index (χ2v) is 7.24. The van der Waals surface area contributed by atoms with Crippen molar-refractivity contribution in [2.24, 2.45) is 0 Å². The molecule has 6 heteroatoms. The summed E-state index contributed by atoms with van der Waals surface area (Å²) in [5.74, 6) is -0.469. The number of methoxy groups -OCH3 is 1. The first-order valence-corrected chi connectivity index (χ1v) is 10.3. The van der Waals surface area contributed by atoms with Crippen molar-refractivity contribution in [1.82, 2.24) is 0 Å². The lowest BCUT2D eigenvalue weighted by Crippen LogP contribution is -2.29. The van der Waals surface area contributed by atoms with Gasteiger partial charge in [-0.1, -0.05) is 36.4 Å². The molecule has 0 aromatic heterocycles. The van der Waals surface area contributed by atoms with Crippen LogP contribution in [0.3, 0.4) is 0 Å². The summed E-state index contributed by atoms with van der Waals surface area (Å²) < 4.78 is 10.7. The van der Waals surface area contributed by atoms with Gasteiger partial charge in [-0.05, 0) is 48.9 Å². The van der Waals surface area contributed by atoms with Crippen LogP contribution in [0.25, 0.3) is 5.76 Å². The number of benzene rings is 3. The number of Topliss-reactive ketones (excluding diaryl/α,β-unsaturated/α-hetero) is 1. The minimum Gasteiger partial charge on any atom is -0.507 e. The minimum absolute atomic E-state index is 0.0354. The molecule has 0 aliphatic carbocycles. The smallest absolute Gasteiger partial charge is 0.300 e. The number of aliphatic hydroxyl groups excluding tert-OH is 1. The van der Waals surface area contributed by atoms with E-state index in [1.165, 1.54) is 4.90 Å². The second-order valence-electron chi connectivity index (χ2n) is 7.24. The molecule has 0 saturated carbocycles. The van der Waals surface area contributed by atoms with Crippen molar-refractivity contribution in [2.45, 2.75) is 13.0 Å². The Kier molecular flexibility index (Phi) is 5.94. The van der Waals surface area contributed by atoms with Gasteiger partial charge in [0.1, 0.15) is 17.3 Å². The Labute approximate surface area is 186 Å². The molecule has 1 saturated heterocycles. The molecule has 1 unspecified atom stereocenters. The van der Waals surface area contributed by atoms with E-state index in [0.717, 1.165) is 0 Å². The van der Waals surface area contributed by atoms with E-state index in [-0.39, 0.29) is 11.3 Å². The van der Waals surface area contributed by atoms with Crippen molar-refractivity contribution in [1.29, 1.82) is 0 Å². The molecule has 1 fully saturated rings. The highest BCUT2D eigenvalue weighted by Crippen LogP contribution is 2.42. The van der Waals surface area contributed by atoms with Gasteiger partial charge in [-0.2, -0.15) is 0 Å². The summed E-state index contributed by atoms with van der Waals surface area (Å²) in [5.41, 5.74) is 1.69. The number of hydrogen-bond donors (Lipinski definition) is 1. The first kappa shape index (κ1) is 21.2. The molecule has 1 aliphatic rings. The topological polar surface area (TPSA) is 76.1 Å². The van der Waals surface area contributed by atoms with Crippen LogP contribution in [0.5, 0.6) is 11.5 Å². The van der Waals surface area contributed by atoms with Crippen LogP contribution in [0.1, 0.15) is 24.1 Å². The van der Waals surface area contributed by atoms with Gasteiger partial charge in [-0.25, -0.2) is 0 Å². The average molecular weight is 429 g/mol. The molecule has 1 heterocycles. The number of hydrogen-bond acceptors (Lipinski definition) is 5. The quantitative estimate of drug-likeness (QED) is 0.349. The van der Waals surface area contributed by atoms with Crippen molar-refractivity contribution >= 4 is 23.1 Å². The molecule has 3 aromatic carbocycles. The molecular weight excluding hydrogens is 406 g/mol. The zero-order valence-electron chi connectivity index (χ0n) is 17.8. The maximum Gasteiger partial charge on any atom is 0.300 e. The molecule has 4 rings (SSSR count). The zero-order chi connectivity index (χ0) is 22.7. The minimum atomic E-state index is -0.782. The van der Waals surface area contributed by atoms with Crippen LogP contribution in [-0.4, -0.2) is 30.5 Å². The lowest BCUT2D eigenvalue weighted by atomic mass is 9.95. The first-order valence-electron chi connectivity index (χ1n) is 10.3. The molecule has 0 bridgehead atoms. The average Bonchev–Trinajstić information content (AvgIpc) is 3.10. The lowest BCUT2D eigenvalue weighted by molar-refractivity contribution is -0.132. The predicted molar refractivity (Wildman–Crippen MR) is 122 cm³/mol. The van der Waals surface area contributed by atoms with Crippen LogP contribution < -0.4 is 14.4 Å². The van der Waals surface area contributed by atoms with Crippen molar-refractivity contribution in [3.8, 4) is 11.5 Å². The Balaban J connectivity index is 1.89. The highest BCUT2D eigenvalue weighted by molar-refractivity contribution is 6.51. The Morgan fingerprint density at radius 1 is 0.938 bits per heavy atom. The molecule has 1 amide bonds. The van der Waals surface area contributed by atoms with Crippen molar-refractivity contribution < 1.29 is 24.2 Å². The standard InChI is InChI=1S/C26H23NO5/c1-3-32-21-11-7-10-19(16-21)27-23(17-8-5-4-6-9-17)22(25(29)26(27)30)24(28)18-12-14-20(31-2)15-13-18/h4-16,23,28H,3H2,1-2H3/b24-22+. The fourth-order valence-electron chi connectivity index (χ4n) is 3.84. The van der Waals surface area contributed by atoms with E-state index in [9.17, 15) is 14.7 Å². The summed E-state index contributed by atoms with van der Waals surface area (Å²) in [4.78, 5) is 27.7. The number of aliphatic hydroxyl groups is 1. The van der Waals surface area contributed by atoms with E-state index >= 15 is 0 Å². The van der Waals surface area contributed by atoms with Gasteiger partial charge in [0.2, 0.25) is 0 Å². The largest absolute Gasteiger partial charge is 0.507 e. The van der Waals surface area contributed by atoms with Crippen molar-refractivity contribution in [3.63, 3.8) is 0 Å². The summed E-state index contributed by atoms with van der Waals surface area (Å²) in [6.45, 7) is 2.35. The van der Waals surface area contributed by atoms with Gasteiger partial charge in [0, 0.05) is 17.3 Å². The molecule has 6 nitrogen and oxygen atoms in total. The van der Waals surface area contributed by atoms with Crippen molar-refractivity contribution in [2.75, 3.05) is 18.6 Å². The fourth-order valence-corrected chi connectivity index (χ4v) is 3.84. The van der Waals surface area contributed by atoms with Gasteiger partial charge in [0.25, 0.3) is 11.7 Å². The Bertz CT molecular complexity index is 1170. The number of rotatable bonds is 6. The number of ether oxygens (including phenoxy) is 2. The van der Waals surface area contributed by atoms with Crippen LogP contribution in [0, 0.1) is 0 Å². The third kappa shape index (κ3) is 3.83. The third-order valence-corrected chi connectivity index (χ3v) is 5.33. The highest BCUT2D eigenvalue weighted by atomic mass is 16.5. The third-order valence-electron chi connectivity index (χ3n) is 5.33. The molecule has 162 valence electrons. The predicted octanol–water partition coefficient (Wildman–Crippen LogP) is 4.72. The zero-order valence-corrected chi connectivity index (χ0v) is 17.8. The molecule has 1 atom stereocenters. The molecule has 32 heavy (non-hydrogen) atoms. The highest BCUT2D eigenvalue weighted by Gasteiger charge is 2.47. The van der Waals surface area contributed by atoms with E-state index in [4.69, 9.17) is 9.47 Å². The van der Waals surface area contributed by atoms with Gasteiger partial charge in [0.15, 0.2) is 0 Å². The molecule has 1 aliphatic heterocycles. The van der Waals surface area contributed by atoms with Gasteiger partial charge in [-0.3, -0.25) is 14.5 Å². The van der Waals surface area contributed by atoms with Crippen LogP contribution in [0.4, 0.5) is 5.69 Å². The Morgan fingerprint density at radius 3 is 2.31 bits per heavy atom. The van der Waals surface area contributed by atoms with Crippen molar-refractivity contribution in [3.05, 3.63) is 95.6 Å². The van der Waals surface area contributed by atoms with Crippen LogP contribution in [-0.2, 0) is 9.59 Å². The molecule has 0 spiro atoms. The Hall–Kier alpha value is -4.06. The maximum absolute atomic E-state index is 13.2. The molecule has 0 radical (unpaired) electrons. The normalized spacial score (nSPS) is 17.4. The van der Waals surface area contributed by atoms with E-state index in [1.807, 2.05) is 37.3 Å². The van der Waals surface area contributed by atoms with E-state index in [1.54, 1.807) is 55.6 Å². The van der Waals surface area contributed by atoms with Crippen LogP contribution in [0.2, 0.25) is 0 Å². The number of nitrogens with zero attached hydrogens (tertiary/aromatic N) is 1. The van der Waals surface area contributed by atoms with E-state index < -0.39 is 17.7 Å². The van der Waals surface area contributed by atoms with E-state index in [2.05, 4.69) is 0 Å². The summed E-state index contributed by atoms with van der Waals surface area (Å²) in [6.07, 6.45) is 0. The summed E-state index contributed by atoms with van der Waals surface area (Å²) in [6, 6.07) is 22.1. The number of anilines is 1. The van der Waals surface area contributed by atoms with Gasteiger partial charge < -0.3 is 14.6 Å². The number of carbonyl (C=O) groups excluding carboxylic acids is 2. The number of amides is 1. The van der Waals surface area contributed by atoms with E-state index in [0.29, 0.717) is 34.9 Å². The fraction of sp³-hybridized carbons (Fsp3) is 0.154. The number of carbonyl (C=O) groups is 2. The van der Waals surface area contributed by atoms with Gasteiger partial charge in [-0.15, -0.1) is 0 Å². The number of ketones is 1. The van der Waals surface area contributed by atoms with Crippen LogP contribution in [0.15, 0.2) is 84.4 Å². The summed E-state index contributed by atoms with van der Waals surface area (Å²) >= 11 is 0. The summed E-state index contributed by atoms with van der Waals surface area (Å²) in [5, 5.41) is 11.1. The lowest BCUT2D eigenvalue weighted by Gasteiger charge is -2.25. The Morgan fingerprint density at radius 2 is 1.66 bits per heavy atom. The second kappa shape index (κ2) is 8.98.